The third-order valence-electron chi connectivity index (χ3n) is 7.51. The summed E-state index contributed by atoms with van der Waals surface area (Å²) < 4.78 is 17.1. The van der Waals surface area contributed by atoms with Crippen LogP contribution in [-0.4, -0.2) is 24.1 Å². The molecule has 37 heavy (non-hydrogen) atoms. The summed E-state index contributed by atoms with van der Waals surface area (Å²) in [6.07, 6.45) is 9.45. The number of carbonyl (C=O) groups is 2. The van der Waals surface area contributed by atoms with Crippen molar-refractivity contribution in [1.82, 2.24) is 0 Å². The molecule has 0 N–H and O–H groups in total. The summed E-state index contributed by atoms with van der Waals surface area (Å²) in [4.78, 5) is 25.5. The van der Waals surface area contributed by atoms with Crippen LogP contribution in [0.15, 0.2) is 36.4 Å². The van der Waals surface area contributed by atoms with Gasteiger partial charge in [-0.3, -0.25) is 0 Å². The molecule has 4 rings (SSSR count). The molecule has 200 valence electrons. The van der Waals surface area contributed by atoms with Crippen molar-refractivity contribution >= 4 is 35.1 Å². The van der Waals surface area contributed by atoms with Crippen LogP contribution in [0, 0.1) is 0 Å². The fraction of sp³-hybridized carbons (Fsp3) is 0.533. The Bertz CT molecular complexity index is 1000. The SMILES string of the molecule is CC(Oc1ccc(Cl)cc1C1CCCCC1)C(=O)OC(=O)C(C)Oc1ccc(Cl)cc1C1CCCCC1. The van der Waals surface area contributed by atoms with Gasteiger partial charge >= 0.3 is 11.9 Å². The van der Waals surface area contributed by atoms with Crippen LogP contribution in [-0.2, 0) is 14.3 Å². The number of rotatable bonds is 8. The van der Waals surface area contributed by atoms with Crippen molar-refractivity contribution in [2.45, 2.75) is 102 Å². The number of hydrogen-bond acceptors (Lipinski definition) is 5. The Morgan fingerprint density at radius 1 is 0.676 bits per heavy atom. The smallest absolute Gasteiger partial charge is 0.354 e. The van der Waals surface area contributed by atoms with Crippen LogP contribution in [0.2, 0.25) is 10.0 Å². The number of hydrogen-bond donors (Lipinski definition) is 0. The molecule has 2 saturated carbocycles. The summed E-state index contributed by atoms with van der Waals surface area (Å²) in [7, 11) is 0. The highest BCUT2D eigenvalue weighted by Gasteiger charge is 2.28. The van der Waals surface area contributed by atoms with Gasteiger partial charge in [-0.1, -0.05) is 61.7 Å². The second kappa shape index (κ2) is 13.0. The number of ether oxygens (including phenoxy) is 3. The van der Waals surface area contributed by atoms with Gasteiger partial charge in [-0.05, 0) is 98.9 Å². The zero-order valence-corrected chi connectivity index (χ0v) is 23.2. The Balaban J connectivity index is 1.38. The minimum atomic E-state index is -0.965. The van der Waals surface area contributed by atoms with Gasteiger partial charge in [-0.25, -0.2) is 9.59 Å². The average molecular weight is 548 g/mol. The Labute approximate surface area is 229 Å². The number of carbonyl (C=O) groups excluding carboxylic acids is 2. The van der Waals surface area contributed by atoms with E-state index in [-0.39, 0.29) is 0 Å². The molecule has 2 atom stereocenters. The van der Waals surface area contributed by atoms with E-state index in [9.17, 15) is 9.59 Å². The van der Waals surface area contributed by atoms with Crippen LogP contribution in [0.5, 0.6) is 11.5 Å². The molecule has 0 radical (unpaired) electrons. The molecular formula is C30H36Cl2O5. The molecule has 0 heterocycles. The summed E-state index contributed by atoms with van der Waals surface area (Å²) >= 11 is 12.5. The van der Waals surface area contributed by atoms with Crippen LogP contribution in [0.4, 0.5) is 0 Å². The lowest BCUT2D eigenvalue weighted by Gasteiger charge is -2.26. The van der Waals surface area contributed by atoms with Gasteiger partial charge in [0, 0.05) is 10.0 Å². The number of halogens is 2. The zero-order chi connectivity index (χ0) is 26.4. The Morgan fingerprint density at radius 3 is 1.43 bits per heavy atom. The van der Waals surface area contributed by atoms with Gasteiger partial charge in [0.2, 0.25) is 0 Å². The van der Waals surface area contributed by atoms with E-state index in [0.29, 0.717) is 33.4 Å². The molecule has 0 spiro atoms. The first-order valence-corrected chi connectivity index (χ1v) is 14.2. The lowest BCUT2D eigenvalue weighted by Crippen LogP contribution is -2.34. The third-order valence-corrected chi connectivity index (χ3v) is 7.98. The lowest BCUT2D eigenvalue weighted by molar-refractivity contribution is -0.168. The zero-order valence-electron chi connectivity index (χ0n) is 21.6. The Morgan fingerprint density at radius 2 is 1.05 bits per heavy atom. The molecule has 2 fully saturated rings. The van der Waals surface area contributed by atoms with Gasteiger partial charge in [0.1, 0.15) is 11.5 Å². The van der Waals surface area contributed by atoms with Crippen LogP contribution >= 0.6 is 23.2 Å². The molecule has 0 saturated heterocycles. The standard InChI is InChI=1S/C30H36Cl2O5/c1-19(35-27-15-13-23(31)17-25(27)21-9-5-3-6-10-21)29(33)37-30(34)20(2)36-28-16-14-24(32)18-26(28)22-11-7-4-8-12-22/h13-22H,3-12H2,1-2H3. The van der Waals surface area contributed by atoms with Gasteiger partial charge < -0.3 is 14.2 Å². The van der Waals surface area contributed by atoms with Crippen molar-refractivity contribution < 1.29 is 23.8 Å². The molecule has 0 aliphatic heterocycles. The summed E-state index contributed by atoms with van der Waals surface area (Å²) in [5.74, 6) is 0.394. The average Bonchev–Trinajstić information content (AvgIpc) is 2.91. The van der Waals surface area contributed by atoms with Gasteiger partial charge in [0.05, 0.1) is 0 Å². The van der Waals surface area contributed by atoms with Gasteiger partial charge in [-0.2, -0.15) is 0 Å². The maximum absolute atomic E-state index is 12.8. The van der Waals surface area contributed by atoms with Crippen molar-refractivity contribution in [3.63, 3.8) is 0 Å². The van der Waals surface area contributed by atoms with Crippen molar-refractivity contribution in [3.8, 4) is 11.5 Å². The van der Waals surface area contributed by atoms with Gasteiger partial charge in [0.25, 0.3) is 0 Å². The molecule has 7 heteroatoms. The first-order chi connectivity index (χ1) is 17.8. The molecular weight excluding hydrogens is 511 g/mol. The highest BCUT2D eigenvalue weighted by atomic mass is 35.5. The van der Waals surface area contributed by atoms with Crippen LogP contribution in [0.25, 0.3) is 0 Å². The highest BCUT2D eigenvalue weighted by molar-refractivity contribution is 6.31. The van der Waals surface area contributed by atoms with E-state index >= 15 is 0 Å². The fourth-order valence-corrected chi connectivity index (χ4v) is 5.82. The van der Waals surface area contributed by atoms with E-state index in [1.807, 2.05) is 12.1 Å². The molecule has 0 aromatic heterocycles. The molecule has 2 aliphatic carbocycles. The maximum atomic E-state index is 12.8. The molecule has 2 aliphatic rings. The third kappa shape index (κ3) is 7.42. The predicted octanol–water partition coefficient (Wildman–Crippen LogP) is 8.39. The topological polar surface area (TPSA) is 61.8 Å². The van der Waals surface area contributed by atoms with Crippen molar-refractivity contribution in [2.24, 2.45) is 0 Å². The van der Waals surface area contributed by atoms with Crippen molar-refractivity contribution in [1.29, 1.82) is 0 Å². The van der Waals surface area contributed by atoms with Crippen molar-refractivity contribution in [2.75, 3.05) is 0 Å². The molecule has 2 aromatic carbocycles. The van der Waals surface area contributed by atoms with E-state index in [0.717, 1.165) is 62.5 Å². The van der Waals surface area contributed by atoms with E-state index in [1.54, 1.807) is 38.1 Å². The Kier molecular flexibility index (Phi) is 9.77. The van der Waals surface area contributed by atoms with Crippen LogP contribution in [0.3, 0.4) is 0 Å². The largest absolute Gasteiger partial charge is 0.479 e. The molecule has 2 unspecified atom stereocenters. The summed E-state index contributed by atoms with van der Waals surface area (Å²) in [5.41, 5.74) is 2.01. The summed E-state index contributed by atoms with van der Waals surface area (Å²) in [5, 5.41) is 1.28. The van der Waals surface area contributed by atoms with Crippen LogP contribution in [0.1, 0.15) is 101 Å². The number of esters is 2. The molecule has 0 amide bonds. The normalized spacial score (nSPS) is 18.6. The van der Waals surface area contributed by atoms with E-state index in [2.05, 4.69) is 0 Å². The first kappa shape index (κ1) is 27.8. The second-order valence-corrected chi connectivity index (χ2v) is 11.2. The fourth-order valence-electron chi connectivity index (χ4n) is 5.46. The van der Waals surface area contributed by atoms with Crippen molar-refractivity contribution in [3.05, 3.63) is 57.6 Å². The highest BCUT2D eigenvalue weighted by Crippen LogP contribution is 2.40. The van der Waals surface area contributed by atoms with Crippen LogP contribution < -0.4 is 9.47 Å². The first-order valence-electron chi connectivity index (χ1n) is 13.5. The second-order valence-electron chi connectivity index (χ2n) is 10.3. The molecule has 5 nitrogen and oxygen atoms in total. The predicted molar refractivity (Wildman–Crippen MR) is 146 cm³/mol. The summed E-state index contributed by atoms with van der Waals surface area (Å²) in [6, 6.07) is 10.9. The number of benzene rings is 2. The maximum Gasteiger partial charge on any atom is 0.354 e. The van der Waals surface area contributed by atoms with Gasteiger partial charge in [0.15, 0.2) is 12.2 Å². The van der Waals surface area contributed by atoms with Gasteiger partial charge in [-0.15, -0.1) is 0 Å². The molecule has 2 aromatic rings. The lowest BCUT2D eigenvalue weighted by atomic mass is 9.83. The quantitative estimate of drug-likeness (QED) is 0.245. The van der Waals surface area contributed by atoms with E-state index in [4.69, 9.17) is 37.4 Å². The minimum Gasteiger partial charge on any atom is -0.479 e. The monoisotopic (exact) mass is 546 g/mol. The molecule has 0 bridgehead atoms. The van der Waals surface area contributed by atoms with E-state index < -0.39 is 24.1 Å². The van der Waals surface area contributed by atoms with E-state index in [1.165, 1.54) is 12.8 Å². The minimum absolute atomic E-state index is 0.346. The Hall–Kier alpha value is -2.24. The summed E-state index contributed by atoms with van der Waals surface area (Å²) in [6.45, 7) is 3.17.